The van der Waals surface area contributed by atoms with Crippen LogP contribution in [0.3, 0.4) is 0 Å². The van der Waals surface area contributed by atoms with Crippen molar-refractivity contribution in [3.05, 3.63) is 34.4 Å². The molecule has 0 atom stereocenters. The van der Waals surface area contributed by atoms with Gasteiger partial charge in [0, 0.05) is 5.39 Å². The molecule has 0 radical (unpaired) electrons. The number of nitrogens with zero attached hydrogens (tertiary/aromatic N) is 1. The molecule has 0 saturated carbocycles. The third-order valence-electron chi connectivity index (χ3n) is 1.71. The molecule has 0 fully saturated rings. The summed E-state index contributed by atoms with van der Waals surface area (Å²) in [5, 5.41) is 10.7. The highest BCUT2D eigenvalue weighted by Crippen LogP contribution is 2.27. The summed E-state index contributed by atoms with van der Waals surface area (Å²) in [6.45, 7) is 0. The van der Waals surface area contributed by atoms with Gasteiger partial charge >= 0.3 is 0 Å². The molecule has 0 aliphatic rings. The normalized spacial score (nSPS) is 10.6. The van der Waals surface area contributed by atoms with Gasteiger partial charge in [0.2, 0.25) is 0 Å². The Balaban J connectivity index is 2.87. The van der Waals surface area contributed by atoms with E-state index in [1.807, 2.05) is 0 Å². The van der Waals surface area contributed by atoms with Gasteiger partial charge in [0.15, 0.2) is 0 Å². The first kappa shape index (κ1) is 8.60. The van der Waals surface area contributed by atoms with Gasteiger partial charge in [-0.1, -0.05) is 23.2 Å². The van der Waals surface area contributed by atoms with E-state index in [1.165, 1.54) is 0 Å². The van der Waals surface area contributed by atoms with Crippen LogP contribution >= 0.6 is 23.2 Å². The number of benzene rings is 1. The lowest BCUT2D eigenvalue weighted by Gasteiger charge is -2.00. The van der Waals surface area contributed by atoms with Crippen molar-refractivity contribution in [3.8, 4) is 5.75 Å². The van der Waals surface area contributed by atoms with E-state index in [1.54, 1.807) is 24.3 Å². The molecule has 1 aromatic heterocycles. The van der Waals surface area contributed by atoms with Crippen LogP contribution in [0, 0.1) is 0 Å². The first-order valence-electron chi connectivity index (χ1n) is 3.61. The monoisotopic (exact) mass is 213 g/mol. The minimum atomic E-state index is 0.165. The van der Waals surface area contributed by atoms with Crippen LogP contribution in [0.25, 0.3) is 10.9 Å². The number of pyridine rings is 1. The molecule has 1 aromatic carbocycles. The third-order valence-corrected chi connectivity index (χ3v) is 2.22. The van der Waals surface area contributed by atoms with Crippen molar-refractivity contribution in [3.63, 3.8) is 0 Å². The van der Waals surface area contributed by atoms with Gasteiger partial charge in [0.05, 0.1) is 10.5 Å². The Kier molecular flexibility index (Phi) is 2.02. The van der Waals surface area contributed by atoms with Crippen LogP contribution in [0.4, 0.5) is 0 Å². The topological polar surface area (TPSA) is 33.1 Å². The van der Waals surface area contributed by atoms with Crippen molar-refractivity contribution in [2.45, 2.75) is 0 Å². The Labute approximate surface area is 84.7 Å². The van der Waals surface area contributed by atoms with Crippen LogP contribution in [0.2, 0.25) is 10.2 Å². The van der Waals surface area contributed by atoms with Crippen LogP contribution in [0.15, 0.2) is 24.3 Å². The molecule has 1 N–H and O–H groups in total. The summed E-state index contributed by atoms with van der Waals surface area (Å²) >= 11 is 11.6. The quantitative estimate of drug-likeness (QED) is 0.682. The van der Waals surface area contributed by atoms with Gasteiger partial charge in [-0.3, -0.25) is 0 Å². The Morgan fingerprint density at radius 1 is 1.15 bits per heavy atom. The van der Waals surface area contributed by atoms with E-state index < -0.39 is 0 Å². The molecule has 13 heavy (non-hydrogen) atoms. The third kappa shape index (κ3) is 1.55. The fraction of sp³-hybridized carbons (Fsp3) is 0. The molecule has 0 aliphatic carbocycles. The molecular weight excluding hydrogens is 209 g/mol. The minimum absolute atomic E-state index is 0.165. The predicted octanol–water partition coefficient (Wildman–Crippen LogP) is 3.25. The van der Waals surface area contributed by atoms with Gasteiger partial charge in [-0.15, -0.1) is 0 Å². The van der Waals surface area contributed by atoms with E-state index in [-0.39, 0.29) is 5.75 Å². The summed E-state index contributed by atoms with van der Waals surface area (Å²) in [5.74, 6) is 0.165. The number of hydrogen-bond donors (Lipinski definition) is 1. The van der Waals surface area contributed by atoms with Crippen molar-refractivity contribution in [2.24, 2.45) is 0 Å². The molecule has 0 bridgehead atoms. The summed E-state index contributed by atoms with van der Waals surface area (Å²) in [7, 11) is 0. The molecule has 4 heteroatoms. The lowest BCUT2D eigenvalue weighted by Crippen LogP contribution is -1.80. The number of rotatable bonds is 0. The number of halogens is 2. The van der Waals surface area contributed by atoms with Crippen molar-refractivity contribution in [2.75, 3.05) is 0 Å². The molecule has 0 amide bonds. The number of aromatic nitrogens is 1. The van der Waals surface area contributed by atoms with Gasteiger partial charge < -0.3 is 5.11 Å². The van der Waals surface area contributed by atoms with E-state index in [2.05, 4.69) is 4.98 Å². The molecule has 0 saturated heterocycles. The average Bonchev–Trinajstić information content (AvgIpc) is 2.06. The highest BCUT2D eigenvalue weighted by Gasteiger charge is 2.03. The van der Waals surface area contributed by atoms with Crippen molar-refractivity contribution in [1.29, 1.82) is 0 Å². The molecule has 0 unspecified atom stereocenters. The zero-order valence-electron chi connectivity index (χ0n) is 6.46. The summed E-state index contributed by atoms with van der Waals surface area (Å²) in [5.41, 5.74) is 0.676. The molecule has 0 spiro atoms. The molecule has 66 valence electrons. The second kappa shape index (κ2) is 3.05. The van der Waals surface area contributed by atoms with Crippen LogP contribution in [0.5, 0.6) is 5.75 Å². The van der Waals surface area contributed by atoms with E-state index >= 15 is 0 Å². The fourth-order valence-electron chi connectivity index (χ4n) is 1.14. The highest BCUT2D eigenvalue weighted by atomic mass is 35.5. The van der Waals surface area contributed by atoms with Crippen molar-refractivity contribution < 1.29 is 5.11 Å². The van der Waals surface area contributed by atoms with Crippen LogP contribution < -0.4 is 0 Å². The lowest BCUT2D eigenvalue weighted by atomic mass is 10.2. The maximum Gasteiger partial charge on any atom is 0.131 e. The van der Waals surface area contributed by atoms with Gasteiger partial charge in [0.1, 0.15) is 10.9 Å². The second-order valence-corrected chi connectivity index (χ2v) is 3.42. The average molecular weight is 214 g/mol. The molecular formula is C9H5Cl2NO. The largest absolute Gasteiger partial charge is 0.508 e. The Morgan fingerprint density at radius 2 is 1.92 bits per heavy atom. The molecule has 0 aliphatic heterocycles. The fourth-order valence-corrected chi connectivity index (χ4v) is 1.65. The number of hydrogen-bond acceptors (Lipinski definition) is 2. The number of aromatic hydroxyl groups is 1. The van der Waals surface area contributed by atoms with Crippen LogP contribution in [-0.4, -0.2) is 10.1 Å². The summed E-state index contributed by atoms with van der Waals surface area (Å²) < 4.78 is 0. The van der Waals surface area contributed by atoms with Crippen LogP contribution in [-0.2, 0) is 0 Å². The van der Waals surface area contributed by atoms with Crippen LogP contribution in [0.1, 0.15) is 0 Å². The highest BCUT2D eigenvalue weighted by molar-refractivity contribution is 6.37. The number of fused-ring (bicyclic) bond motifs is 1. The lowest BCUT2D eigenvalue weighted by molar-refractivity contribution is 0.476. The summed E-state index contributed by atoms with van der Waals surface area (Å²) in [4.78, 5) is 4.05. The van der Waals surface area contributed by atoms with E-state index in [9.17, 15) is 5.11 Å². The smallest absolute Gasteiger partial charge is 0.131 e. The van der Waals surface area contributed by atoms with Gasteiger partial charge in [-0.05, 0) is 24.3 Å². The van der Waals surface area contributed by atoms with Crippen molar-refractivity contribution >= 4 is 34.1 Å². The minimum Gasteiger partial charge on any atom is -0.508 e. The Hall–Kier alpha value is -0.990. The van der Waals surface area contributed by atoms with E-state index in [0.717, 1.165) is 0 Å². The number of phenolic OH excluding ortho intramolecular Hbond substituents is 1. The Bertz CT molecular complexity index is 470. The molecule has 2 aromatic rings. The maximum atomic E-state index is 9.20. The SMILES string of the molecule is Oc1ccc2nc(Cl)cc(Cl)c2c1. The zero-order valence-corrected chi connectivity index (χ0v) is 7.97. The van der Waals surface area contributed by atoms with E-state index in [0.29, 0.717) is 21.1 Å². The standard InChI is InChI=1S/C9H5Cl2NO/c10-7-4-9(11)12-8-2-1-5(13)3-6(7)8/h1-4,13H. The van der Waals surface area contributed by atoms with Gasteiger partial charge in [0.25, 0.3) is 0 Å². The second-order valence-electron chi connectivity index (χ2n) is 2.63. The van der Waals surface area contributed by atoms with Gasteiger partial charge in [-0.2, -0.15) is 0 Å². The summed E-state index contributed by atoms with van der Waals surface area (Å²) in [6, 6.07) is 6.32. The number of phenols is 1. The summed E-state index contributed by atoms with van der Waals surface area (Å²) in [6.07, 6.45) is 0. The maximum absolute atomic E-state index is 9.20. The van der Waals surface area contributed by atoms with E-state index in [4.69, 9.17) is 23.2 Å². The zero-order chi connectivity index (χ0) is 9.42. The Morgan fingerprint density at radius 3 is 2.69 bits per heavy atom. The molecule has 2 nitrogen and oxygen atoms in total. The predicted molar refractivity (Wildman–Crippen MR) is 53.4 cm³/mol. The molecule has 2 rings (SSSR count). The first-order valence-corrected chi connectivity index (χ1v) is 4.37. The first-order chi connectivity index (χ1) is 6.16. The molecule has 1 heterocycles. The van der Waals surface area contributed by atoms with Crippen molar-refractivity contribution in [1.82, 2.24) is 4.98 Å². The van der Waals surface area contributed by atoms with Gasteiger partial charge in [-0.25, -0.2) is 4.98 Å².